The van der Waals surface area contributed by atoms with Gasteiger partial charge in [-0.25, -0.2) is 13.4 Å². The fourth-order valence-electron chi connectivity index (χ4n) is 3.62. The molecule has 0 aliphatic carbocycles. The van der Waals surface area contributed by atoms with Gasteiger partial charge in [-0.05, 0) is 6.07 Å². The lowest BCUT2D eigenvalue weighted by atomic mass is 10.2. The first-order valence-electron chi connectivity index (χ1n) is 10.4. The third-order valence-electron chi connectivity index (χ3n) is 5.42. The molecule has 0 bridgehead atoms. The summed E-state index contributed by atoms with van der Waals surface area (Å²) in [5, 5.41) is 11.0. The van der Waals surface area contributed by atoms with Gasteiger partial charge in [0.1, 0.15) is 0 Å². The van der Waals surface area contributed by atoms with Gasteiger partial charge in [0.15, 0.2) is 11.7 Å². The molecule has 1 aromatic heterocycles. The lowest BCUT2D eigenvalue weighted by Gasteiger charge is -2.34. The summed E-state index contributed by atoms with van der Waals surface area (Å²) in [6.07, 6.45) is 2.18. The summed E-state index contributed by atoms with van der Waals surface area (Å²) in [7, 11) is -3.88. The van der Waals surface area contributed by atoms with E-state index in [0.29, 0.717) is 18.1 Å². The van der Waals surface area contributed by atoms with Gasteiger partial charge in [-0.3, -0.25) is 14.9 Å². The SMILES string of the molecule is O=C(CCc1ncc(-c2ccccc2)o1)N1CCN(S(=O)(=O)c2cccc([N+](=O)[O-])c2)CC1. The summed E-state index contributed by atoms with van der Waals surface area (Å²) in [4.78, 5) is 28.6. The highest BCUT2D eigenvalue weighted by atomic mass is 32.2. The van der Waals surface area contributed by atoms with E-state index < -0.39 is 14.9 Å². The number of amides is 1. The molecule has 1 aliphatic heterocycles. The topological polar surface area (TPSA) is 127 Å². The standard InChI is InChI=1S/C22H22N4O6S/c27-22(10-9-21-23-16-20(32-21)17-5-2-1-3-6-17)24-11-13-25(14-12-24)33(30,31)19-8-4-7-18(15-19)26(28)29/h1-8,15-16H,9-14H2. The second-order valence-electron chi connectivity index (χ2n) is 7.52. The highest BCUT2D eigenvalue weighted by Gasteiger charge is 2.31. The predicted octanol–water partition coefficient (Wildman–Crippen LogP) is 2.72. The molecule has 1 amide bonds. The van der Waals surface area contributed by atoms with Crippen molar-refractivity contribution in [2.75, 3.05) is 26.2 Å². The van der Waals surface area contributed by atoms with Crippen molar-refractivity contribution in [2.45, 2.75) is 17.7 Å². The summed E-state index contributed by atoms with van der Waals surface area (Å²) >= 11 is 0. The molecule has 0 atom stereocenters. The maximum absolute atomic E-state index is 12.8. The smallest absolute Gasteiger partial charge is 0.270 e. The number of piperazine rings is 1. The van der Waals surface area contributed by atoms with Crippen LogP contribution in [0.15, 0.2) is 70.1 Å². The van der Waals surface area contributed by atoms with Crippen molar-refractivity contribution >= 4 is 21.6 Å². The lowest BCUT2D eigenvalue weighted by Crippen LogP contribution is -2.50. The number of rotatable bonds is 7. The Morgan fingerprint density at radius 3 is 2.48 bits per heavy atom. The molecule has 4 rings (SSSR count). The molecule has 1 saturated heterocycles. The van der Waals surface area contributed by atoms with E-state index in [-0.39, 0.29) is 49.1 Å². The molecule has 10 nitrogen and oxygen atoms in total. The molecule has 0 spiro atoms. The molecule has 172 valence electrons. The average molecular weight is 471 g/mol. The van der Waals surface area contributed by atoms with Gasteiger partial charge in [0.2, 0.25) is 15.9 Å². The van der Waals surface area contributed by atoms with Crippen molar-refractivity contribution in [3.8, 4) is 11.3 Å². The van der Waals surface area contributed by atoms with E-state index in [1.54, 1.807) is 11.1 Å². The molecule has 0 N–H and O–H groups in total. The van der Waals surface area contributed by atoms with Crippen molar-refractivity contribution in [3.63, 3.8) is 0 Å². The molecular formula is C22H22N4O6S. The summed E-state index contributed by atoms with van der Waals surface area (Å²) in [5.74, 6) is 0.994. The average Bonchev–Trinajstić information content (AvgIpc) is 3.32. The van der Waals surface area contributed by atoms with Crippen LogP contribution in [0.4, 0.5) is 5.69 Å². The highest BCUT2D eigenvalue weighted by Crippen LogP contribution is 2.23. The van der Waals surface area contributed by atoms with Crippen LogP contribution in [-0.4, -0.2) is 59.6 Å². The number of benzene rings is 2. The predicted molar refractivity (Wildman–Crippen MR) is 119 cm³/mol. The maximum atomic E-state index is 12.8. The number of carbonyl (C=O) groups is 1. The van der Waals surface area contributed by atoms with Crippen LogP contribution < -0.4 is 0 Å². The van der Waals surface area contributed by atoms with E-state index in [2.05, 4.69) is 4.98 Å². The van der Waals surface area contributed by atoms with Crippen LogP contribution in [0.1, 0.15) is 12.3 Å². The van der Waals surface area contributed by atoms with Crippen molar-refractivity contribution in [1.29, 1.82) is 0 Å². The zero-order valence-corrected chi connectivity index (χ0v) is 18.5. The number of non-ortho nitro benzene ring substituents is 1. The first kappa shape index (κ1) is 22.6. The highest BCUT2D eigenvalue weighted by molar-refractivity contribution is 7.89. The van der Waals surface area contributed by atoms with Gasteiger partial charge in [0.05, 0.1) is 16.0 Å². The number of nitro benzene ring substituents is 1. The molecule has 33 heavy (non-hydrogen) atoms. The van der Waals surface area contributed by atoms with Crippen molar-refractivity contribution in [2.24, 2.45) is 0 Å². The molecule has 0 radical (unpaired) electrons. The Morgan fingerprint density at radius 2 is 1.79 bits per heavy atom. The number of hydrogen-bond donors (Lipinski definition) is 0. The first-order valence-corrected chi connectivity index (χ1v) is 11.8. The zero-order valence-electron chi connectivity index (χ0n) is 17.7. The molecule has 3 aromatic rings. The minimum atomic E-state index is -3.88. The van der Waals surface area contributed by atoms with Crippen LogP contribution in [-0.2, 0) is 21.2 Å². The van der Waals surface area contributed by atoms with Crippen LogP contribution in [0.5, 0.6) is 0 Å². The van der Waals surface area contributed by atoms with Gasteiger partial charge >= 0.3 is 0 Å². The summed E-state index contributed by atoms with van der Waals surface area (Å²) in [5.41, 5.74) is 0.621. The minimum Gasteiger partial charge on any atom is -0.441 e. The van der Waals surface area contributed by atoms with E-state index in [1.165, 1.54) is 22.5 Å². The van der Waals surface area contributed by atoms with Crippen LogP contribution >= 0.6 is 0 Å². The van der Waals surface area contributed by atoms with Gasteiger partial charge in [-0.2, -0.15) is 4.31 Å². The number of carbonyl (C=O) groups excluding carboxylic acids is 1. The Balaban J connectivity index is 1.31. The summed E-state index contributed by atoms with van der Waals surface area (Å²) in [6, 6.07) is 14.5. The monoisotopic (exact) mass is 470 g/mol. The van der Waals surface area contributed by atoms with E-state index in [1.807, 2.05) is 30.3 Å². The van der Waals surface area contributed by atoms with Gasteiger partial charge in [-0.1, -0.05) is 36.4 Å². The first-order chi connectivity index (χ1) is 15.8. The van der Waals surface area contributed by atoms with E-state index in [4.69, 9.17) is 4.42 Å². The van der Waals surface area contributed by atoms with E-state index in [0.717, 1.165) is 11.6 Å². The van der Waals surface area contributed by atoms with Gasteiger partial charge < -0.3 is 9.32 Å². The molecule has 0 unspecified atom stereocenters. The fraction of sp³-hybridized carbons (Fsp3) is 0.273. The van der Waals surface area contributed by atoms with Crippen LogP contribution in [0.25, 0.3) is 11.3 Å². The third kappa shape index (κ3) is 5.10. The van der Waals surface area contributed by atoms with Crippen LogP contribution in [0.2, 0.25) is 0 Å². The normalized spacial score (nSPS) is 14.8. The number of nitro groups is 1. The number of oxazole rings is 1. The number of aromatic nitrogens is 1. The molecule has 2 heterocycles. The molecule has 0 saturated carbocycles. The number of hydrogen-bond acceptors (Lipinski definition) is 7. The van der Waals surface area contributed by atoms with Crippen molar-refractivity contribution < 1.29 is 22.6 Å². The zero-order chi connectivity index (χ0) is 23.4. The second kappa shape index (κ2) is 9.51. The summed E-state index contributed by atoms with van der Waals surface area (Å²) in [6.45, 7) is 0.726. The lowest BCUT2D eigenvalue weighted by molar-refractivity contribution is -0.385. The fourth-order valence-corrected chi connectivity index (χ4v) is 5.08. The largest absolute Gasteiger partial charge is 0.441 e. The van der Waals surface area contributed by atoms with Gasteiger partial charge in [-0.15, -0.1) is 0 Å². The van der Waals surface area contributed by atoms with E-state index >= 15 is 0 Å². The Hall–Kier alpha value is -3.57. The Labute approximate surface area is 190 Å². The van der Waals surface area contributed by atoms with Gasteiger partial charge in [0.25, 0.3) is 5.69 Å². The van der Waals surface area contributed by atoms with Gasteiger partial charge in [0, 0.05) is 56.7 Å². The number of sulfonamides is 1. The Bertz CT molecular complexity index is 1250. The third-order valence-corrected chi connectivity index (χ3v) is 7.32. The number of nitrogens with zero attached hydrogens (tertiary/aromatic N) is 4. The Morgan fingerprint density at radius 1 is 1.06 bits per heavy atom. The minimum absolute atomic E-state index is 0.109. The van der Waals surface area contributed by atoms with Crippen molar-refractivity contribution in [1.82, 2.24) is 14.2 Å². The maximum Gasteiger partial charge on any atom is 0.270 e. The Kier molecular flexibility index (Phi) is 6.52. The molecular weight excluding hydrogens is 448 g/mol. The molecule has 11 heteroatoms. The van der Waals surface area contributed by atoms with Crippen LogP contribution in [0.3, 0.4) is 0 Å². The van der Waals surface area contributed by atoms with Crippen LogP contribution in [0, 0.1) is 10.1 Å². The summed E-state index contributed by atoms with van der Waals surface area (Å²) < 4.78 is 32.7. The number of aryl methyl sites for hydroxylation is 1. The quantitative estimate of drug-likeness (QED) is 0.384. The van der Waals surface area contributed by atoms with E-state index in [9.17, 15) is 23.3 Å². The molecule has 2 aromatic carbocycles. The molecule has 1 aliphatic rings. The molecule has 1 fully saturated rings. The van der Waals surface area contributed by atoms with Crippen molar-refractivity contribution in [3.05, 3.63) is 76.8 Å². The second-order valence-corrected chi connectivity index (χ2v) is 9.46.